The predicted octanol–water partition coefficient (Wildman–Crippen LogP) is 7.25. The van der Waals surface area contributed by atoms with Crippen LogP contribution in [-0.4, -0.2) is 54.6 Å². The quantitative estimate of drug-likeness (QED) is 0.0989. The number of hydrogen-bond donors (Lipinski definition) is 3. The van der Waals surface area contributed by atoms with Crippen LogP contribution in [0.2, 0.25) is 14.8 Å². The van der Waals surface area contributed by atoms with Gasteiger partial charge in [-0.2, -0.15) is 0 Å². The first kappa shape index (κ1) is 34.5. The fourth-order valence-corrected chi connectivity index (χ4v) is 8.10. The molecule has 3 N–H and O–H groups in total. The van der Waals surface area contributed by atoms with Crippen LogP contribution in [-0.2, 0) is 14.3 Å². The SMILES string of the molecule is CCC(=O)NN(CC(OC(=O)Nc1ccccc1)c1ccccc1)CC(OC(=O)Nc1ccc[c]([Sn]([CH3])([CH3])[CH3])c1)c1ccccc1. The molecule has 0 aromatic heterocycles. The summed E-state index contributed by atoms with van der Waals surface area (Å²) in [6.07, 6.45) is -2.56. The molecule has 4 rings (SSSR count). The molecule has 0 aliphatic carbocycles. The van der Waals surface area contributed by atoms with E-state index in [4.69, 9.17) is 9.47 Å². The number of hydrazine groups is 1. The van der Waals surface area contributed by atoms with Gasteiger partial charge in [0.2, 0.25) is 0 Å². The van der Waals surface area contributed by atoms with Crippen molar-refractivity contribution in [1.82, 2.24) is 10.4 Å². The number of para-hydroxylation sites is 1. The molecule has 4 aromatic rings. The maximum absolute atomic E-state index is 13.3. The molecule has 0 aliphatic rings. The number of carbonyl (C=O) groups excluding carboxylic acids is 3. The van der Waals surface area contributed by atoms with E-state index < -0.39 is 42.8 Å². The molecule has 0 saturated heterocycles. The molecule has 46 heavy (non-hydrogen) atoms. The first-order valence-corrected chi connectivity index (χ1v) is 25.3. The van der Waals surface area contributed by atoms with Crippen molar-refractivity contribution in [2.75, 3.05) is 23.7 Å². The van der Waals surface area contributed by atoms with Crippen LogP contribution in [0.3, 0.4) is 0 Å². The van der Waals surface area contributed by atoms with Crippen molar-refractivity contribution < 1.29 is 23.9 Å². The molecule has 0 heterocycles. The number of benzene rings is 4. The average Bonchev–Trinajstić information content (AvgIpc) is 3.05. The van der Waals surface area contributed by atoms with Gasteiger partial charge in [-0.1, -0.05) is 55.5 Å². The molecule has 0 aliphatic heterocycles. The number of nitrogens with one attached hydrogen (secondary N) is 3. The average molecular weight is 729 g/mol. The molecule has 0 saturated carbocycles. The molecule has 0 spiro atoms. The van der Waals surface area contributed by atoms with Crippen molar-refractivity contribution in [3.63, 3.8) is 0 Å². The van der Waals surface area contributed by atoms with Crippen molar-refractivity contribution >= 4 is 51.4 Å². The summed E-state index contributed by atoms with van der Waals surface area (Å²) in [6.45, 7) is 1.93. The van der Waals surface area contributed by atoms with Gasteiger partial charge in [0.15, 0.2) is 0 Å². The van der Waals surface area contributed by atoms with Crippen LogP contribution in [0.5, 0.6) is 0 Å². The van der Waals surface area contributed by atoms with Crippen LogP contribution < -0.4 is 19.6 Å². The standard InChI is InChI=1S/C33H33N4O5.3CH3.Sn/c1-2-31(38)36-37(23-29(25-15-7-3-8-16-25)41-32(39)34-27-19-11-5-12-20-27)24-30(26-17-9-4-10-18-26)42-33(40)35-28-21-13-6-14-22-28;;;;/h3-13,15-22,29-30H,2,23-24H2,1H3,(H,34,39)(H,35,40)(H,36,38);3*1H3;. The predicted molar refractivity (Wildman–Crippen MR) is 184 cm³/mol. The van der Waals surface area contributed by atoms with E-state index in [9.17, 15) is 14.4 Å². The fraction of sp³-hybridized carbons (Fsp3) is 0.250. The van der Waals surface area contributed by atoms with E-state index in [1.165, 1.54) is 3.58 Å². The Morgan fingerprint density at radius 3 is 1.59 bits per heavy atom. The first-order chi connectivity index (χ1) is 22.1. The number of rotatable bonds is 13. The molecule has 10 heteroatoms. The van der Waals surface area contributed by atoms with E-state index in [1.54, 1.807) is 24.1 Å². The minimum absolute atomic E-state index is 0.0902. The normalized spacial score (nSPS) is 12.5. The van der Waals surface area contributed by atoms with Crippen LogP contribution >= 0.6 is 0 Å². The summed E-state index contributed by atoms with van der Waals surface area (Å²) in [7, 11) is 0. The Balaban J connectivity index is 1.57. The summed E-state index contributed by atoms with van der Waals surface area (Å²) >= 11 is -2.37. The third-order valence-electron chi connectivity index (χ3n) is 7.21. The number of anilines is 2. The molecule has 9 nitrogen and oxygen atoms in total. The van der Waals surface area contributed by atoms with Gasteiger partial charge in [0.1, 0.15) is 0 Å². The molecule has 0 fully saturated rings. The molecular weight excluding hydrogens is 687 g/mol. The van der Waals surface area contributed by atoms with Crippen LogP contribution in [0.25, 0.3) is 0 Å². The number of hydrogen-bond acceptors (Lipinski definition) is 6. The van der Waals surface area contributed by atoms with Crippen LogP contribution in [0.4, 0.5) is 21.0 Å². The Kier molecular flexibility index (Phi) is 12.6. The van der Waals surface area contributed by atoms with Crippen molar-refractivity contribution in [3.05, 3.63) is 126 Å². The zero-order valence-corrected chi connectivity index (χ0v) is 29.6. The maximum atomic E-state index is 13.3. The van der Waals surface area contributed by atoms with E-state index >= 15 is 0 Å². The van der Waals surface area contributed by atoms with E-state index in [1.807, 2.05) is 97.1 Å². The van der Waals surface area contributed by atoms with Crippen LogP contribution in [0.1, 0.15) is 36.7 Å². The van der Waals surface area contributed by atoms with Gasteiger partial charge in [-0.25, -0.2) is 4.79 Å². The van der Waals surface area contributed by atoms with Gasteiger partial charge >= 0.3 is 193 Å². The van der Waals surface area contributed by atoms with Gasteiger partial charge in [-0.15, -0.1) is 0 Å². The molecule has 4 aromatic carbocycles. The molecule has 0 bridgehead atoms. The van der Waals surface area contributed by atoms with E-state index in [-0.39, 0.29) is 25.4 Å². The summed E-state index contributed by atoms with van der Waals surface area (Å²) in [5.74, 6) is -0.234. The fourth-order valence-electron chi connectivity index (χ4n) is 4.72. The second-order valence-electron chi connectivity index (χ2n) is 11.8. The first-order valence-electron chi connectivity index (χ1n) is 15.4. The Labute approximate surface area is 275 Å². The van der Waals surface area contributed by atoms with Crippen molar-refractivity contribution in [1.29, 1.82) is 0 Å². The number of carbonyl (C=O) groups is 3. The second-order valence-corrected chi connectivity index (χ2v) is 26.3. The van der Waals surface area contributed by atoms with Gasteiger partial charge in [-0.05, 0) is 12.1 Å². The Morgan fingerprint density at radius 1 is 0.652 bits per heavy atom. The van der Waals surface area contributed by atoms with Crippen LogP contribution in [0.15, 0.2) is 115 Å². The van der Waals surface area contributed by atoms with Gasteiger partial charge in [0.05, 0.1) is 0 Å². The molecular formula is C36H42N4O5Sn. The Hall–Kier alpha value is -4.35. The number of nitrogens with zero attached hydrogens (tertiary/aromatic N) is 1. The summed E-state index contributed by atoms with van der Waals surface area (Å²) < 4.78 is 13.2. The zero-order valence-electron chi connectivity index (χ0n) is 26.7. The van der Waals surface area contributed by atoms with Crippen molar-refractivity contribution in [3.8, 4) is 0 Å². The summed E-state index contributed by atoms with van der Waals surface area (Å²) in [5, 5.41) is 7.28. The van der Waals surface area contributed by atoms with E-state index in [0.29, 0.717) is 11.4 Å². The number of amides is 3. The molecule has 2 unspecified atom stereocenters. The van der Waals surface area contributed by atoms with Crippen molar-refractivity contribution in [2.24, 2.45) is 0 Å². The molecule has 2 atom stereocenters. The minimum atomic E-state index is -2.37. The number of ether oxygens (including phenoxy) is 2. The second kappa shape index (κ2) is 16.8. The van der Waals surface area contributed by atoms with E-state index in [2.05, 4.69) is 36.9 Å². The third-order valence-corrected chi connectivity index (χ3v) is 13.0. The van der Waals surface area contributed by atoms with E-state index in [0.717, 1.165) is 11.1 Å². The zero-order chi connectivity index (χ0) is 32.9. The van der Waals surface area contributed by atoms with Gasteiger partial charge in [0.25, 0.3) is 0 Å². The van der Waals surface area contributed by atoms with Crippen molar-refractivity contribution in [2.45, 2.75) is 40.4 Å². The molecule has 240 valence electrons. The topological polar surface area (TPSA) is 109 Å². The van der Waals surface area contributed by atoms with Crippen LogP contribution in [0, 0.1) is 0 Å². The third kappa shape index (κ3) is 10.9. The van der Waals surface area contributed by atoms with Gasteiger partial charge in [0, 0.05) is 5.69 Å². The Bertz CT molecular complexity index is 1570. The Morgan fingerprint density at radius 2 is 1.11 bits per heavy atom. The monoisotopic (exact) mass is 730 g/mol. The summed E-state index contributed by atoms with van der Waals surface area (Å²) in [4.78, 5) is 45.9. The summed E-state index contributed by atoms with van der Waals surface area (Å²) in [6, 6.07) is 35.6. The summed E-state index contributed by atoms with van der Waals surface area (Å²) in [5.41, 5.74) is 5.65. The molecule has 3 amide bonds. The van der Waals surface area contributed by atoms with Gasteiger partial charge < -0.3 is 0 Å². The van der Waals surface area contributed by atoms with Gasteiger partial charge in [-0.3, -0.25) is 5.32 Å². The molecule has 0 radical (unpaired) electrons.